The lowest BCUT2D eigenvalue weighted by Crippen LogP contribution is -2.41. The highest BCUT2D eigenvalue weighted by Gasteiger charge is 2.26. The van der Waals surface area contributed by atoms with Gasteiger partial charge in [-0.3, -0.25) is 14.7 Å². The number of esters is 1. The number of aromatic nitrogens is 1. The second kappa shape index (κ2) is 8.11. The van der Waals surface area contributed by atoms with Gasteiger partial charge in [-0.2, -0.15) is 0 Å². The number of nitrogens with zero attached hydrogens (tertiary/aromatic N) is 2. The SMILES string of the molecule is CCOC(=O)C1CCCN(CCOc2cccc3cccnc23)C1. The van der Waals surface area contributed by atoms with E-state index < -0.39 is 0 Å². The van der Waals surface area contributed by atoms with E-state index in [1.165, 1.54) is 0 Å². The van der Waals surface area contributed by atoms with Crippen molar-refractivity contribution in [3.63, 3.8) is 0 Å². The van der Waals surface area contributed by atoms with Crippen LogP contribution in [0, 0.1) is 5.92 Å². The molecular formula is C19H24N2O3. The summed E-state index contributed by atoms with van der Waals surface area (Å²) in [5.74, 6) is 0.742. The molecule has 128 valence electrons. The summed E-state index contributed by atoms with van der Waals surface area (Å²) < 4.78 is 11.1. The summed E-state index contributed by atoms with van der Waals surface area (Å²) in [7, 11) is 0. The third kappa shape index (κ3) is 4.03. The van der Waals surface area contributed by atoms with E-state index in [1.54, 1.807) is 6.20 Å². The quantitative estimate of drug-likeness (QED) is 0.763. The molecule has 3 rings (SSSR count). The topological polar surface area (TPSA) is 51.7 Å². The van der Waals surface area contributed by atoms with Crippen molar-refractivity contribution >= 4 is 16.9 Å². The number of carbonyl (C=O) groups excluding carboxylic acids is 1. The first-order valence-corrected chi connectivity index (χ1v) is 8.63. The van der Waals surface area contributed by atoms with Gasteiger partial charge in [-0.1, -0.05) is 18.2 Å². The van der Waals surface area contributed by atoms with Crippen LogP contribution in [0.25, 0.3) is 10.9 Å². The zero-order valence-corrected chi connectivity index (χ0v) is 14.1. The third-order valence-corrected chi connectivity index (χ3v) is 4.39. The number of benzene rings is 1. The fourth-order valence-corrected chi connectivity index (χ4v) is 3.19. The van der Waals surface area contributed by atoms with Gasteiger partial charge in [0.2, 0.25) is 0 Å². The molecular weight excluding hydrogens is 304 g/mol. The van der Waals surface area contributed by atoms with E-state index in [2.05, 4.69) is 9.88 Å². The van der Waals surface area contributed by atoms with Crippen LogP contribution in [-0.2, 0) is 9.53 Å². The van der Waals surface area contributed by atoms with Crippen LogP contribution in [0.1, 0.15) is 19.8 Å². The van der Waals surface area contributed by atoms with Crippen molar-refractivity contribution in [3.8, 4) is 5.75 Å². The van der Waals surface area contributed by atoms with Gasteiger partial charge in [-0.05, 0) is 38.4 Å². The van der Waals surface area contributed by atoms with Crippen LogP contribution < -0.4 is 4.74 Å². The fourth-order valence-electron chi connectivity index (χ4n) is 3.19. The minimum absolute atomic E-state index is 0.00192. The molecule has 2 aromatic rings. The highest BCUT2D eigenvalue weighted by Crippen LogP contribution is 2.23. The van der Waals surface area contributed by atoms with Gasteiger partial charge in [0.1, 0.15) is 17.9 Å². The largest absolute Gasteiger partial charge is 0.490 e. The molecule has 0 bridgehead atoms. The van der Waals surface area contributed by atoms with Gasteiger partial charge in [-0.15, -0.1) is 0 Å². The Labute approximate surface area is 142 Å². The van der Waals surface area contributed by atoms with E-state index in [1.807, 2.05) is 37.3 Å². The fraction of sp³-hybridized carbons (Fsp3) is 0.474. The average Bonchev–Trinajstić information content (AvgIpc) is 2.62. The van der Waals surface area contributed by atoms with E-state index in [-0.39, 0.29) is 11.9 Å². The van der Waals surface area contributed by atoms with E-state index >= 15 is 0 Å². The van der Waals surface area contributed by atoms with Crippen molar-refractivity contribution in [1.29, 1.82) is 0 Å². The highest BCUT2D eigenvalue weighted by molar-refractivity contribution is 5.84. The van der Waals surface area contributed by atoms with Gasteiger partial charge >= 0.3 is 5.97 Å². The molecule has 24 heavy (non-hydrogen) atoms. The number of pyridine rings is 1. The first-order chi connectivity index (χ1) is 11.8. The predicted molar refractivity (Wildman–Crippen MR) is 93.0 cm³/mol. The van der Waals surface area contributed by atoms with Crippen molar-refractivity contribution in [2.75, 3.05) is 32.8 Å². The summed E-state index contributed by atoms with van der Waals surface area (Å²) in [5, 5.41) is 1.08. The molecule has 5 heteroatoms. The van der Waals surface area contributed by atoms with Crippen LogP contribution in [0.2, 0.25) is 0 Å². The second-order valence-corrected chi connectivity index (χ2v) is 6.07. The first-order valence-electron chi connectivity index (χ1n) is 8.63. The minimum atomic E-state index is -0.0682. The maximum atomic E-state index is 11.9. The third-order valence-electron chi connectivity index (χ3n) is 4.39. The van der Waals surface area contributed by atoms with Crippen LogP contribution in [0.15, 0.2) is 36.5 Å². The number of hydrogen-bond donors (Lipinski definition) is 0. The van der Waals surface area contributed by atoms with Crippen LogP contribution >= 0.6 is 0 Å². The molecule has 1 aliphatic rings. The molecule has 1 unspecified atom stereocenters. The number of para-hydroxylation sites is 1. The number of carbonyl (C=O) groups is 1. The van der Waals surface area contributed by atoms with Gasteiger partial charge in [0.15, 0.2) is 0 Å². The molecule has 1 aromatic heterocycles. The van der Waals surface area contributed by atoms with Crippen LogP contribution in [0.3, 0.4) is 0 Å². The molecule has 5 nitrogen and oxygen atoms in total. The van der Waals surface area contributed by atoms with E-state index in [4.69, 9.17) is 9.47 Å². The Balaban J connectivity index is 1.53. The van der Waals surface area contributed by atoms with E-state index in [9.17, 15) is 4.79 Å². The lowest BCUT2D eigenvalue weighted by atomic mass is 9.98. The Bertz CT molecular complexity index is 684. The van der Waals surface area contributed by atoms with Crippen LogP contribution in [-0.4, -0.2) is 48.7 Å². The lowest BCUT2D eigenvalue weighted by molar-refractivity contribution is -0.150. The number of likely N-dealkylation sites (tertiary alicyclic amines) is 1. The molecule has 0 spiro atoms. The predicted octanol–water partition coefficient (Wildman–Crippen LogP) is 2.89. The van der Waals surface area contributed by atoms with Crippen LogP contribution in [0.4, 0.5) is 0 Å². The summed E-state index contributed by atoms with van der Waals surface area (Å²) in [5.41, 5.74) is 0.892. The summed E-state index contributed by atoms with van der Waals surface area (Å²) in [6.07, 6.45) is 3.73. The number of fused-ring (bicyclic) bond motifs is 1. The molecule has 0 aliphatic carbocycles. The molecule has 0 radical (unpaired) electrons. The smallest absolute Gasteiger partial charge is 0.310 e. The van der Waals surface area contributed by atoms with Gasteiger partial charge in [0.05, 0.1) is 12.5 Å². The van der Waals surface area contributed by atoms with E-state index in [0.717, 1.165) is 49.1 Å². The standard InChI is InChI=1S/C19H24N2O3/c1-2-23-19(22)16-8-5-11-21(14-16)12-13-24-17-9-3-6-15-7-4-10-20-18(15)17/h3-4,6-7,9-10,16H,2,5,8,11-14H2,1H3. The number of hydrogen-bond acceptors (Lipinski definition) is 5. The number of ether oxygens (including phenoxy) is 2. The van der Waals surface area contributed by atoms with Crippen molar-refractivity contribution in [3.05, 3.63) is 36.5 Å². The zero-order chi connectivity index (χ0) is 16.8. The zero-order valence-electron chi connectivity index (χ0n) is 14.1. The number of rotatable bonds is 6. The van der Waals surface area contributed by atoms with E-state index in [0.29, 0.717) is 13.2 Å². The molecule has 0 saturated carbocycles. The normalized spacial score (nSPS) is 18.5. The number of piperidine rings is 1. The summed E-state index contributed by atoms with van der Waals surface area (Å²) >= 11 is 0. The van der Waals surface area contributed by atoms with Crippen molar-refractivity contribution in [2.24, 2.45) is 5.92 Å². The first kappa shape index (κ1) is 16.7. The minimum Gasteiger partial charge on any atom is -0.490 e. The lowest BCUT2D eigenvalue weighted by Gasteiger charge is -2.31. The molecule has 0 amide bonds. The monoisotopic (exact) mass is 328 g/mol. The maximum Gasteiger partial charge on any atom is 0.310 e. The Kier molecular flexibility index (Phi) is 5.64. The molecule has 1 aromatic carbocycles. The molecule has 1 aliphatic heterocycles. The summed E-state index contributed by atoms with van der Waals surface area (Å²) in [6.45, 7) is 5.46. The van der Waals surface area contributed by atoms with Crippen LogP contribution in [0.5, 0.6) is 5.75 Å². The molecule has 1 fully saturated rings. The second-order valence-electron chi connectivity index (χ2n) is 6.07. The Hall–Kier alpha value is -2.14. The van der Waals surface area contributed by atoms with Crippen molar-refractivity contribution < 1.29 is 14.3 Å². The Morgan fingerprint density at radius 2 is 2.21 bits per heavy atom. The molecule has 2 heterocycles. The van der Waals surface area contributed by atoms with Gasteiger partial charge < -0.3 is 9.47 Å². The van der Waals surface area contributed by atoms with Crippen molar-refractivity contribution in [1.82, 2.24) is 9.88 Å². The summed E-state index contributed by atoms with van der Waals surface area (Å²) in [4.78, 5) is 18.6. The summed E-state index contributed by atoms with van der Waals surface area (Å²) in [6, 6.07) is 9.92. The van der Waals surface area contributed by atoms with Gasteiger partial charge in [-0.25, -0.2) is 0 Å². The van der Waals surface area contributed by atoms with Crippen molar-refractivity contribution in [2.45, 2.75) is 19.8 Å². The molecule has 0 N–H and O–H groups in total. The van der Waals surface area contributed by atoms with Gasteiger partial charge in [0.25, 0.3) is 0 Å². The average molecular weight is 328 g/mol. The molecule has 1 saturated heterocycles. The van der Waals surface area contributed by atoms with Gasteiger partial charge in [0, 0.05) is 24.7 Å². The Morgan fingerprint density at radius 3 is 3.08 bits per heavy atom. The maximum absolute atomic E-state index is 11.9. The Morgan fingerprint density at radius 1 is 1.33 bits per heavy atom. The highest BCUT2D eigenvalue weighted by atomic mass is 16.5. The molecule has 1 atom stereocenters.